The standard InChI is InChI=1S/3C4H9.C2N3.Pb/c3*1-3-4-2;3-1-5-2-4;/h3*1,3-4H2,2H3;;/q;;;-1;+1. The first-order chi connectivity index (χ1) is 8.70. The fourth-order valence-corrected chi connectivity index (χ4v) is 21.4. The number of nitrogens with zero attached hydrogens (tertiary/aromatic N) is 3. The molecule has 4 heteroatoms. The van der Waals surface area contributed by atoms with Crippen LogP contribution in [-0.4, -0.2) is 24.2 Å². The van der Waals surface area contributed by atoms with Crippen LogP contribution in [0.3, 0.4) is 0 Å². The van der Waals surface area contributed by atoms with Gasteiger partial charge in [-0.2, -0.15) is 0 Å². The van der Waals surface area contributed by atoms with Crippen LogP contribution in [0, 0.1) is 22.9 Å². The van der Waals surface area contributed by atoms with Gasteiger partial charge in [0, 0.05) is 0 Å². The monoisotopic (exact) mass is 445 g/mol. The molecule has 3 nitrogen and oxygen atoms in total. The molecule has 0 aliphatic rings. The van der Waals surface area contributed by atoms with Crippen LogP contribution in [0.1, 0.15) is 59.3 Å². The third kappa shape index (κ3) is 5.56. The molecule has 0 radical (unpaired) electrons. The van der Waals surface area contributed by atoms with Crippen molar-refractivity contribution < 1.29 is 0 Å². The summed E-state index contributed by atoms with van der Waals surface area (Å²) in [6.07, 6.45) is 11.5. The molecule has 0 aromatic heterocycles. The van der Waals surface area contributed by atoms with Gasteiger partial charge < -0.3 is 0 Å². The van der Waals surface area contributed by atoms with Crippen molar-refractivity contribution in [3.05, 3.63) is 0 Å². The van der Waals surface area contributed by atoms with Gasteiger partial charge in [0.15, 0.2) is 0 Å². The molecule has 0 fully saturated rings. The van der Waals surface area contributed by atoms with Gasteiger partial charge in [0.2, 0.25) is 0 Å². The van der Waals surface area contributed by atoms with E-state index in [1.54, 1.807) is 2.71 Å². The SMILES string of the molecule is CCC[CH2][Pb]([CH2]CCC)([CH2]CCC)[N](C#N)C#N. The summed E-state index contributed by atoms with van der Waals surface area (Å²) in [5.41, 5.74) is 0. The normalized spacial score (nSPS) is 10.7. The Morgan fingerprint density at radius 1 is 0.778 bits per heavy atom. The molecule has 0 spiro atoms. The number of unbranched alkanes of at least 4 members (excludes halogenated alkanes) is 3. The molecule has 0 heterocycles. The Labute approximate surface area is 118 Å². The zero-order valence-electron chi connectivity index (χ0n) is 12.2. The van der Waals surface area contributed by atoms with E-state index in [1.165, 1.54) is 50.5 Å². The molecular weight excluding hydrogens is 417 g/mol. The summed E-state index contributed by atoms with van der Waals surface area (Å²) in [5, 5.41) is 18.5. The van der Waals surface area contributed by atoms with Crippen LogP contribution < -0.4 is 0 Å². The molecule has 0 saturated heterocycles. The van der Waals surface area contributed by atoms with E-state index in [-0.39, 0.29) is 0 Å². The van der Waals surface area contributed by atoms with Crippen LogP contribution in [0.5, 0.6) is 0 Å². The predicted molar refractivity (Wildman–Crippen MR) is 78.0 cm³/mol. The van der Waals surface area contributed by atoms with Crippen molar-refractivity contribution >= 4 is 21.5 Å². The molecular formula is C14H27N3Pb. The maximum absolute atomic E-state index is 9.27. The van der Waals surface area contributed by atoms with E-state index in [4.69, 9.17) is 0 Å². The van der Waals surface area contributed by atoms with E-state index < -0.39 is 21.5 Å². The zero-order valence-corrected chi connectivity index (χ0v) is 16.1. The van der Waals surface area contributed by atoms with Gasteiger partial charge in [0.25, 0.3) is 0 Å². The van der Waals surface area contributed by atoms with E-state index in [0.717, 1.165) is 0 Å². The second kappa shape index (κ2) is 10.6. The van der Waals surface area contributed by atoms with Crippen molar-refractivity contribution in [1.82, 2.24) is 2.71 Å². The molecule has 0 atom stereocenters. The van der Waals surface area contributed by atoms with Crippen LogP contribution >= 0.6 is 0 Å². The zero-order chi connectivity index (χ0) is 13.9. The molecule has 0 saturated carbocycles. The molecule has 0 aliphatic carbocycles. The molecule has 0 aromatic rings. The van der Waals surface area contributed by atoms with Crippen LogP contribution in [0.25, 0.3) is 0 Å². The Balaban J connectivity index is 4.98. The molecule has 0 aliphatic heterocycles. The fraction of sp³-hybridized carbons (Fsp3) is 0.857. The van der Waals surface area contributed by atoms with Gasteiger partial charge in [-0.3, -0.25) is 0 Å². The second-order valence-corrected chi connectivity index (χ2v) is 22.2. The first-order valence-electron chi connectivity index (χ1n) is 7.30. The average Bonchev–Trinajstić information content (AvgIpc) is 2.41. The Bertz CT molecular complexity index is 255. The first kappa shape index (κ1) is 17.7. The minimum atomic E-state index is -2.87. The molecule has 0 N–H and O–H groups in total. The number of hydrogen-bond donors (Lipinski definition) is 0. The number of rotatable bonds is 10. The molecule has 102 valence electrons. The van der Waals surface area contributed by atoms with Gasteiger partial charge in [0.1, 0.15) is 0 Å². The molecule has 0 amide bonds. The van der Waals surface area contributed by atoms with Crippen molar-refractivity contribution in [1.29, 1.82) is 10.5 Å². The Morgan fingerprint density at radius 2 is 1.11 bits per heavy atom. The third-order valence-corrected chi connectivity index (χ3v) is 23.1. The van der Waals surface area contributed by atoms with Crippen LogP contribution in [0.15, 0.2) is 0 Å². The van der Waals surface area contributed by atoms with Gasteiger partial charge in [-0.15, -0.1) is 0 Å². The summed E-state index contributed by atoms with van der Waals surface area (Å²) in [4.78, 5) is 0. The summed E-state index contributed by atoms with van der Waals surface area (Å²) in [6, 6.07) is 0. The Kier molecular flexibility index (Phi) is 10.4. The van der Waals surface area contributed by atoms with E-state index in [0.29, 0.717) is 0 Å². The van der Waals surface area contributed by atoms with E-state index in [9.17, 15) is 10.5 Å². The maximum atomic E-state index is 9.27. The van der Waals surface area contributed by atoms with Crippen molar-refractivity contribution in [2.75, 3.05) is 0 Å². The molecule has 0 unspecified atom stereocenters. The molecule has 0 bridgehead atoms. The van der Waals surface area contributed by atoms with Gasteiger partial charge in [-0.05, 0) is 0 Å². The van der Waals surface area contributed by atoms with Crippen LogP contribution in [0.2, 0.25) is 11.9 Å². The van der Waals surface area contributed by atoms with Crippen molar-refractivity contribution in [3.63, 3.8) is 0 Å². The van der Waals surface area contributed by atoms with E-state index >= 15 is 0 Å². The summed E-state index contributed by atoms with van der Waals surface area (Å²) in [5.74, 6) is 0. The number of hydrogen-bond acceptors (Lipinski definition) is 3. The quantitative estimate of drug-likeness (QED) is 0.281. The van der Waals surface area contributed by atoms with Gasteiger partial charge in [0.05, 0.1) is 0 Å². The first-order valence-corrected chi connectivity index (χ1v) is 17.3. The van der Waals surface area contributed by atoms with Crippen molar-refractivity contribution in [2.24, 2.45) is 0 Å². The third-order valence-electron chi connectivity index (χ3n) is 3.66. The molecule has 18 heavy (non-hydrogen) atoms. The van der Waals surface area contributed by atoms with Crippen molar-refractivity contribution in [3.8, 4) is 12.4 Å². The van der Waals surface area contributed by atoms with Crippen LogP contribution in [0.4, 0.5) is 0 Å². The molecule has 0 aromatic carbocycles. The van der Waals surface area contributed by atoms with E-state index in [2.05, 4.69) is 33.2 Å². The summed E-state index contributed by atoms with van der Waals surface area (Å²) in [7, 11) is 0. The van der Waals surface area contributed by atoms with E-state index in [1.807, 2.05) is 0 Å². The van der Waals surface area contributed by atoms with Gasteiger partial charge in [-0.25, -0.2) is 0 Å². The molecule has 0 rings (SSSR count). The van der Waals surface area contributed by atoms with Gasteiger partial charge in [-0.1, -0.05) is 0 Å². The second-order valence-electron chi connectivity index (χ2n) is 5.07. The summed E-state index contributed by atoms with van der Waals surface area (Å²) < 4.78 is 5.15. The summed E-state index contributed by atoms with van der Waals surface area (Å²) in [6.45, 7) is 6.59. The Morgan fingerprint density at radius 3 is 1.33 bits per heavy atom. The predicted octanol–water partition coefficient (Wildman–Crippen LogP) is 4.60. The number of nitriles is 2. The van der Waals surface area contributed by atoms with Crippen LogP contribution in [-0.2, 0) is 0 Å². The Hall–Kier alpha value is -0.298. The summed E-state index contributed by atoms with van der Waals surface area (Å²) >= 11 is -2.87. The fourth-order valence-electron chi connectivity index (χ4n) is 2.46. The van der Waals surface area contributed by atoms with Gasteiger partial charge >= 0.3 is 118 Å². The van der Waals surface area contributed by atoms with Crippen molar-refractivity contribution in [2.45, 2.75) is 71.2 Å². The topological polar surface area (TPSA) is 50.8 Å². The minimum absolute atomic E-state index is 1.17. The average molecular weight is 445 g/mol.